The first-order chi connectivity index (χ1) is 12.7. The van der Waals surface area contributed by atoms with Crippen molar-refractivity contribution < 1.29 is 19.1 Å². The fraction of sp³-hybridized carbons (Fsp3) is 0.739. The van der Waals surface area contributed by atoms with Crippen molar-refractivity contribution in [1.82, 2.24) is 0 Å². The Balaban J connectivity index is 1.84. The van der Waals surface area contributed by atoms with E-state index in [0.717, 1.165) is 38.5 Å². The van der Waals surface area contributed by atoms with Crippen molar-refractivity contribution >= 4 is 11.9 Å². The summed E-state index contributed by atoms with van der Waals surface area (Å²) in [5.41, 5.74) is 1.34. The van der Waals surface area contributed by atoms with Crippen LogP contribution in [0.3, 0.4) is 0 Å². The lowest BCUT2D eigenvalue weighted by molar-refractivity contribution is -0.181. The van der Waals surface area contributed by atoms with Gasteiger partial charge in [-0.2, -0.15) is 0 Å². The Morgan fingerprint density at radius 2 is 1.96 bits per heavy atom. The maximum Gasteiger partial charge on any atom is 0.317 e. The van der Waals surface area contributed by atoms with Gasteiger partial charge in [-0.25, -0.2) is 0 Å². The molecule has 2 saturated carbocycles. The van der Waals surface area contributed by atoms with Crippen LogP contribution >= 0.6 is 0 Å². The van der Waals surface area contributed by atoms with E-state index in [1.54, 1.807) is 5.57 Å². The normalized spacial score (nSPS) is 40.8. The molecule has 0 aromatic carbocycles. The van der Waals surface area contributed by atoms with Crippen molar-refractivity contribution in [3.63, 3.8) is 0 Å². The van der Waals surface area contributed by atoms with Gasteiger partial charge in [0.25, 0.3) is 0 Å². The van der Waals surface area contributed by atoms with Gasteiger partial charge >= 0.3 is 11.9 Å². The molecule has 1 unspecified atom stereocenters. The van der Waals surface area contributed by atoms with E-state index >= 15 is 0 Å². The third kappa shape index (κ3) is 3.60. The van der Waals surface area contributed by atoms with E-state index in [4.69, 9.17) is 4.74 Å². The molecule has 150 valence electrons. The van der Waals surface area contributed by atoms with Gasteiger partial charge < -0.3 is 9.47 Å². The summed E-state index contributed by atoms with van der Waals surface area (Å²) in [6.45, 7) is 10.8. The molecule has 3 aliphatic carbocycles. The van der Waals surface area contributed by atoms with Crippen molar-refractivity contribution in [3.8, 4) is 0 Å². The zero-order valence-corrected chi connectivity index (χ0v) is 17.3. The summed E-state index contributed by atoms with van der Waals surface area (Å²) in [6, 6.07) is 0. The monoisotopic (exact) mass is 374 g/mol. The minimum atomic E-state index is -0.537. The molecule has 0 saturated heterocycles. The number of carbonyl (C=O) groups excluding carboxylic acids is 2. The van der Waals surface area contributed by atoms with Crippen LogP contribution in [0, 0.1) is 22.7 Å². The van der Waals surface area contributed by atoms with Gasteiger partial charge in [-0.1, -0.05) is 31.6 Å². The number of rotatable bonds is 4. The maximum atomic E-state index is 12.3. The average Bonchev–Trinajstić information content (AvgIpc) is 2.60. The summed E-state index contributed by atoms with van der Waals surface area (Å²) in [5, 5.41) is 0. The van der Waals surface area contributed by atoms with Crippen LogP contribution in [0.4, 0.5) is 0 Å². The number of esters is 2. The Kier molecular flexibility index (Phi) is 5.31. The van der Waals surface area contributed by atoms with Gasteiger partial charge in [-0.15, -0.1) is 6.58 Å². The molecule has 0 aromatic rings. The summed E-state index contributed by atoms with van der Waals surface area (Å²) in [6.07, 6.45) is 11.7. The van der Waals surface area contributed by atoms with E-state index in [1.807, 2.05) is 0 Å². The fourth-order valence-electron chi connectivity index (χ4n) is 6.16. The molecule has 4 heteroatoms. The lowest BCUT2D eigenvalue weighted by atomic mass is 9.48. The summed E-state index contributed by atoms with van der Waals surface area (Å²) < 4.78 is 10.6. The molecule has 5 atom stereocenters. The highest BCUT2D eigenvalue weighted by Crippen LogP contribution is 2.62. The molecule has 0 amide bonds. The maximum absolute atomic E-state index is 12.3. The van der Waals surface area contributed by atoms with Crippen LogP contribution < -0.4 is 0 Å². The molecule has 0 aliphatic heterocycles. The molecule has 3 aliphatic rings. The molecule has 0 spiro atoms. The summed E-state index contributed by atoms with van der Waals surface area (Å²) in [7, 11) is 1.29. The van der Waals surface area contributed by atoms with Gasteiger partial charge in [0.2, 0.25) is 0 Å². The van der Waals surface area contributed by atoms with Crippen LogP contribution in [0.2, 0.25) is 0 Å². The van der Waals surface area contributed by atoms with Crippen LogP contribution in [0.5, 0.6) is 0 Å². The smallest absolute Gasteiger partial charge is 0.317 e. The van der Waals surface area contributed by atoms with Gasteiger partial charge in [0.1, 0.15) is 12.0 Å². The predicted octanol–water partition coefficient (Wildman–Crippen LogP) is 4.98. The van der Waals surface area contributed by atoms with Crippen molar-refractivity contribution in [2.75, 3.05) is 7.11 Å². The Labute approximate surface area is 163 Å². The highest BCUT2D eigenvalue weighted by atomic mass is 16.6. The first-order valence-electron chi connectivity index (χ1n) is 10.3. The standard InChI is InChI=1S/C23H34O4/c1-6-21(2)13-10-17-16(15-21)8-9-18-22(17,3)11-7-12-23(18,4)27-20(25)14-19(24)26-5/h6,10,16,18H,1,7-9,11-15H2,2-5H3/t16?,18-,21+,22-,23+/m0/s1. The van der Waals surface area contributed by atoms with Gasteiger partial charge in [-0.05, 0) is 68.6 Å². The Morgan fingerprint density at radius 3 is 2.63 bits per heavy atom. The van der Waals surface area contributed by atoms with Crippen LogP contribution in [0.15, 0.2) is 24.3 Å². The number of fused-ring (bicyclic) bond motifs is 3. The molecular weight excluding hydrogens is 340 g/mol. The van der Waals surface area contributed by atoms with E-state index in [1.165, 1.54) is 13.5 Å². The SMILES string of the molecule is C=C[C@]1(C)CC=C2C(CC[C@@H]3[C@](C)(OC(=O)CC(=O)OC)CCC[C@@]23C)C1. The van der Waals surface area contributed by atoms with Gasteiger partial charge in [0.15, 0.2) is 0 Å². The highest BCUT2D eigenvalue weighted by molar-refractivity contribution is 5.91. The highest BCUT2D eigenvalue weighted by Gasteiger charge is 2.56. The van der Waals surface area contributed by atoms with Gasteiger partial charge in [0.05, 0.1) is 7.11 Å². The first-order valence-corrected chi connectivity index (χ1v) is 10.3. The number of ether oxygens (including phenoxy) is 2. The van der Waals surface area contributed by atoms with Crippen LogP contribution in [0.1, 0.15) is 72.1 Å². The van der Waals surface area contributed by atoms with Crippen molar-refractivity contribution in [2.24, 2.45) is 22.7 Å². The second-order valence-corrected chi connectivity index (χ2v) is 9.56. The number of carbonyl (C=O) groups is 2. The molecular formula is C23H34O4. The van der Waals surface area contributed by atoms with E-state index in [9.17, 15) is 9.59 Å². The topological polar surface area (TPSA) is 52.6 Å². The largest absolute Gasteiger partial charge is 0.469 e. The van der Waals surface area contributed by atoms with E-state index in [2.05, 4.69) is 44.2 Å². The summed E-state index contributed by atoms with van der Waals surface area (Å²) in [4.78, 5) is 23.8. The van der Waals surface area contributed by atoms with Crippen LogP contribution in [-0.2, 0) is 19.1 Å². The first kappa shape index (κ1) is 20.2. The molecule has 27 heavy (non-hydrogen) atoms. The number of methoxy groups -OCH3 is 1. The van der Waals surface area contributed by atoms with Crippen LogP contribution in [0.25, 0.3) is 0 Å². The molecule has 0 bridgehead atoms. The van der Waals surface area contributed by atoms with E-state index < -0.39 is 17.5 Å². The van der Waals surface area contributed by atoms with E-state index in [-0.39, 0.29) is 17.3 Å². The summed E-state index contributed by atoms with van der Waals surface area (Å²) in [5.74, 6) is -0.0933. The van der Waals surface area contributed by atoms with Crippen molar-refractivity contribution in [2.45, 2.75) is 77.7 Å². The third-order valence-corrected chi connectivity index (χ3v) is 7.64. The Hall–Kier alpha value is -1.58. The minimum absolute atomic E-state index is 0.0734. The second-order valence-electron chi connectivity index (χ2n) is 9.56. The molecule has 0 N–H and O–H groups in total. The number of hydrogen-bond acceptors (Lipinski definition) is 4. The number of hydrogen-bond donors (Lipinski definition) is 0. The molecule has 4 nitrogen and oxygen atoms in total. The molecule has 2 fully saturated rings. The van der Waals surface area contributed by atoms with Crippen molar-refractivity contribution in [1.29, 1.82) is 0 Å². The average molecular weight is 375 g/mol. The van der Waals surface area contributed by atoms with E-state index in [0.29, 0.717) is 11.8 Å². The zero-order valence-electron chi connectivity index (χ0n) is 17.3. The lowest BCUT2D eigenvalue weighted by Crippen LogP contribution is -2.55. The third-order valence-electron chi connectivity index (χ3n) is 7.64. The molecule has 0 aromatic heterocycles. The number of allylic oxidation sites excluding steroid dienone is 3. The van der Waals surface area contributed by atoms with Gasteiger partial charge in [0, 0.05) is 5.92 Å². The Morgan fingerprint density at radius 1 is 1.22 bits per heavy atom. The molecule has 0 radical (unpaired) electrons. The Bertz CT molecular complexity index is 665. The zero-order chi connectivity index (χ0) is 19.9. The fourth-order valence-corrected chi connectivity index (χ4v) is 6.16. The molecule has 3 rings (SSSR count). The van der Waals surface area contributed by atoms with Crippen LogP contribution in [-0.4, -0.2) is 24.6 Å². The lowest BCUT2D eigenvalue weighted by Gasteiger charge is -2.58. The molecule has 0 heterocycles. The summed E-state index contributed by atoms with van der Waals surface area (Å²) >= 11 is 0. The second kappa shape index (κ2) is 7.10. The van der Waals surface area contributed by atoms with Gasteiger partial charge in [-0.3, -0.25) is 9.59 Å². The predicted molar refractivity (Wildman–Crippen MR) is 105 cm³/mol. The van der Waals surface area contributed by atoms with Crippen molar-refractivity contribution in [3.05, 3.63) is 24.3 Å². The minimum Gasteiger partial charge on any atom is -0.469 e. The quantitative estimate of drug-likeness (QED) is 0.396.